The van der Waals surface area contributed by atoms with E-state index >= 15 is 0 Å². The summed E-state index contributed by atoms with van der Waals surface area (Å²) in [6.07, 6.45) is 1.24. The lowest BCUT2D eigenvalue weighted by molar-refractivity contribution is 0.0699. The van der Waals surface area contributed by atoms with Crippen molar-refractivity contribution in [3.63, 3.8) is 0 Å². The van der Waals surface area contributed by atoms with Gasteiger partial charge < -0.3 is 5.11 Å². The number of nitrogens with zero attached hydrogens (tertiary/aromatic N) is 1. The van der Waals surface area contributed by atoms with Crippen molar-refractivity contribution < 1.29 is 9.90 Å². The average molecular weight is 197 g/mol. The van der Waals surface area contributed by atoms with Gasteiger partial charge in [0.15, 0.2) is 0 Å². The van der Waals surface area contributed by atoms with Crippen molar-refractivity contribution in [1.29, 1.82) is 0 Å². The first-order chi connectivity index (χ1) is 6.27. The molecule has 0 saturated carbocycles. The maximum atomic E-state index is 10.8. The molecule has 3 nitrogen and oxygen atoms in total. The zero-order chi connectivity index (χ0) is 9.26. The monoisotopic (exact) mass is 197 g/mol. The van der Waals surface area contributed by atoms with Crippen molar-refractivity contribution in [2.75, 3.05) is 13.1 Å². The summed E-state index contributed by atoms with van der Waals surface area (Å²) in [6.45, 7) is 3.01. The molecule has 0 radical (unpaired) electrons. The van der Waals surface area contributed by atoms with Gasteiger partial charge in [0.1, 0.15) is 4.88 Å². The Bertz CT molecular complexity index is 317. The Balaban J connectivity index is 2.09. The van der Waals surface area contributed by atoms with E-state index in [1.165, 1.54) is 17.8 Å². The first-order valence-corrected chi connectivity index (χ1v) is 5.17. The minimum atomic E-state index is -0.800. The van der Waals surface area contributed by atoms with Gasteiger partial charge in [0.2, 0.25) is 0 Å². The lowest BCUT2D eigenvalue weighted by Gasteiger charge is -2.30. The smallest absolute Gasteiger partial charge is 0.346 e. The molecule has 70 valence electrons. The van der Waals surface area contributed by atoms with Crippen LogP contribution in [0, 0.1) is 0 Å². The number of aromatic carboxylic acids is 1. The van der Waals surface area contributed by atoms with Crippen molar-refractivity contribution in [1.82, 2.24) is 4.90 Å². The Morgan fingerprint density at radius 1 is 1.62 bits per heavy atom. The molecule has 0 atom stereocenters. The van der Waals surface area contributed by atoms with Crippen LogP contribution in [0.25, 0.3) is 0 Å². The lowest BCUT2D eigenvalue weighted by Crippen LogP contribution is -2.36. The summed E-state index contributed by atoms with van der Waals surface area (Å²) in [5.41, 5.74) is 0.956. The first kappa shape index (κ1) is 8.72. The molecule has 13 heavy (non-hydrogen) atoms. The Kier molecular flexibility index (Phi) is 2.33. The fraction of sp³-hybridized carbons (Fsp3) is 0.444. The van der Waals surface area contributed by atoms with Crippen LogP contribution in [0.1, 0.15) is 21.7 Å². The molecule has 4 heteroatoms. The number of hydrogen-bond donors (Lipinski definition) is 1. The van der Waals surface area contributed by atoms with Gasteiger partial charge in [0.25, 0.3) is 0 Å². The predicted molar refractivity (Wildman–Crippen MR) is 51.2 cm³/mol. The summed E-state index contributed by atoms with van der Waals surface area (Å²) in [7, 11) is 0. The van der Waals surface area contributed by atoms with Gasteiger partial charge in [-0.25, -0.2) is 4.79 Å². The molecule has 1 aliphatic rings. The Morgan fingerprint density at radius 3 is 2.92 bits per heavy atom. The molecular weight excluding hydrogens is 186 g/mol. The second kappa shape index (κ2) is 3.47. The molecule has 1 N–H and O–H groups in total. The molecule has 1 aliphatic heterocycles. The van der Waals surface area contributed by atoms with Crippen LogP contribution in [0.15, 0.2) is 11.4 Å². The summed E-state index contributed by atoms with van der Waals surface area (Å²) in [5, 5.41) is 10.7. The van der Waals surface area contributed by atoms with Crippen molar-refractivity contribution in [2.45, 2.75) is 13.0 Å². The summed E-state index contributed by atoms with van der Waals surface area (Å²) in [6, 6.07) is 1.91. The highest BCUT2D eigenvalue weighted by molar-refractivity contribution is 7.12. The minimum absolute atomic E-state index is 0.493. The molecule has 1 fully saturated rings. The second-order valence-corrected chi connectivity index (χ2v) is 4.13. The fourth-order valence-electron chi connectivity index (χ4n) is 1.43. The molecular formula is C9H11NO2S. The van der Waals surface area contributed by atoms with E-state index in [0.29, 0.717) is 4.88 Å². The van der Waals surface area contributed by atoms with Crippen molar-refractivity contribution in [3.8, 4) is 0 Å². The summed E-state index contributed by atoms with van der Waals surface area (Å²) >= 11 is 1.31. The third-order valence-electron chi connectivity index (χ3n) is 2.28. The van der Waals surface area contributed by atoms with E-state index < -0.39 is 5.97 Å². The van der Waals surface area contributed by atoms with Gasteiger partial charge >= 0.3 is 5.97 Å². The molecule has 1 saturated heterocycles. The van der Waals surface area contributed by atoms with Crippen LogP contribution in [0.2, 0.25) is 0 Å². The first-order valence-electron chi connectivity index (χ1n) is 4.29. The highest BCUT2D eigenvalue weighted by Gasteiger charge is 2.18. The minimum Gasteiger partial charge on any atom is -0.477 e. The summed E-state index contributed by atoms with van der Waals surface area (Å²) in [4.78, 5) is 13.5. The number of carboxylic acids is 1. The molecule has 1 aromatic heterocycles. The Hall–Kier alpha value is -0.870. The van der Waals surface area contributed by atoms with Gasteiger partial charge in [0.05, 0.1) is 0 Å². The van der Waals surface area contributed by atoms with Crippen molar-refractivity contribution in [3.05, 3.63) is 21.9 Å². The van der Waals surface area contributed by atoms with Crippen LogP contribution in [0.4, 0.5) is 0 Å². The van der Waals surface area contributed by atoms with Crippen LogP contribution < -0.4 is 0 Å². The molecule has 1 aromatic rings. The third kappa shape index (κ3) is 1.73. The SMILES string of the molecule is O=C(O)c1sccc1CN1CCC1. The van der Waals surface area contributed by atoms with Crippen LogP contribution >= 0.6 is 11.3 Å². The molecule has 0 unspecified atom stereocenters. The maximum Gasteiger partial charge on any atom is 0.346 e. The largest absolute Gasteiger partial charge is 0.477 e. The molecule has 0 spiro atoms. The van der Waals surface area contributed by atoms with Gasteiger partial charge in [-0.2, -0.15) is 0 Å². The highest BCUT2D eigenvalue weighted by Crippen LogP contribution is 2.20. The molecule has 2 heterocycles. The molecule has 0 bridgehead atoms. The Morgan fingerprint density at radius 2 is 2.38 bits per heavy atom. The number of likely N-dealkylation sites (tertiary alicyclic amines) is 1. The topological polar surface area (TPSA) is 40.5 Å². The standard InChI is InChI=1S/C9H11NO2S/c11-9(12)8-7(2-5-13-8)6-10-3-1-4-10/h2,5H,1,3-4,6H2,(H,11,12). The van der Waals surface area contributed by atoms with E-state index in [1.54, 1.807) is 0 Å². The van der Waals surface area contributed by atoms with E-state index in [9.17, 15) is 4.79 Å². The summed E-state index contributed by atoms with van der Waals surface area (Å²) < 4.78 is 0. The van der Waals surface area contributed by atoms with Crippen LogP contribution in [0.5, 0.6) is 0 Å². The van der Waals surface area contributed by atoms with Crippen LogP contribution in [-0.4, -0.2) is 29.1 Å². The molecule has 0 amide bonds. The number of rotatable bonds is 3. The average Bonchev–Trinajstić information content (AvgIpc) is 2.44. The van der Waals surface area contributed by atoms with Crippen molar-refractivity contribution in [2.24, 2.45) is 0 Å². The van der Waals surface area contributed by atoms with Crippen LogP contribution in [-0.2, 0) is 6.54 Å². The van der Waals surface area contributed by atoms with Gasteiger partial charge in [0, 0.05) is 6.54 Å². The quantitative estimate of drug-likeness (QED) is 0.801. The van der Waals surface area contributed by atoms with E-state index in [1.807, 2.05) is 11.4 Å². The van der Waals surface area contributed by atoms with E-state index in [2.05, 4.69) is 4.90 Å². The zero-order valence-electron chi connectivity index (χ0n) is 7.19. The molecule has 0 aromatic carbocycles. The van der Waals surface area contributed by atoms with Crippen molar-refractivity contribution >= 4 is 17.3 Å². The van der Waals surface area contributed by atoms with Gasteiger partial charge in [-0.05, 0) is 36.5 Å². The lowest BCUT2D eigenvalue weighted by atomic mass is 10.1. The number of carbonyl (C=O) groups is 1. The molecule has 0 aliphatic carbocycles. The van der Waals surface area contributed by atoms with Crippen LogP contribution in [0.3, 0.4) is 0 Å². The maximum absolute atomic E-state index is 10.8. The van der Waals surface area contributed by atoms with E-state index in [0.717, 1.165) is 25.2 Å². The molecule has 2 rings (SSSR count). The zero-order valence-corrected chi connectivity index (χ0v) is 8.01. The summed E-state index contributed by atoms with van der Waals surface area (Å²) in [5.74, 6) is -0.800. The second-order valence-electron chi connectivity index (χ2n) is 3.21. The number of thiophene rings is 1. The predicted octanol–water partition coefficient (Wildman–Crippen LogP) is 1.65. The third-order valence-corrected chi connectivity index (χ3v) is 3.23. The van der Waals surface area contributed by atoms with E-state index in [4.69, 9.17) is 5.11 Å². The van der Waals surface area contributed by atoms with Gasteiger partial charge in [-0.3, -0.25) is 4.90 Å². The fourth-order valence-corrected chi connectivity index (χ4v) is 2.18. The van der Waals surface area contributed by atoms with Gasteiger partial charge in [-0.15, -0.1) is 11.3 Å². The normalized spacial score (nSPS) is 16.9. The number of hydrogen-bond acceptors (Lipinski definition) is 3. The highest BCUT2D eigenvalue weighted by atomic mass is 32.1. The Labute approximate surface area is 80.6 Å². The van der Waals surface area contributed by atoms with E-state index in [-0.39, 0.29) is 0 Å². The number of carboxylic acid groups (broad SMARTS) is 1. The van der Waals surface area contributed by atoms with Gasteiger partial charge in [-0.1, -0.05) is 0 Å².